The fourth-order valence-corrected chi connectivity index (χ4v) is 3.61. The maximum atomic E-state index is 12.5. The zero-order valence-electron chi connectivity index (χ0n) is 17.5. The lowest BCUT2D eigenvalue weighted by Crippen LogP contribution is -2.30. The first-order valence-electron chi connectivity index (χ1n) is 9.37. The second-order valence-electron chi connectivity index (χ2n) is 6.78. The third-order valence-electron chi connectivity index (χ3n) is 4.56. The number of benzene rings is 2. The van der Waals surface area contributed by atoms with Gasteiger partial charge >= 0.3 is 0 Å². The van der Waals surface area contributed by atoms with Gasteiger partial charge in [-0.05, 0) is 69.3 Å². The Kier molecular flexibility index (Phi) is 6.50. The van der Waals surface area contributed by atoms with Crippen LogP contribution in [0.25, 0.3) is 0 Å². The topological polar surface area (TPSA) is 120 Å². The van der Waals surface area contributed by atoms with E-state index in [9.17, 15) is 13.2 Å². The van der Waals surface area contributed by atoms with Crippen molar-refractivity contribution in [3.05, 3.63) is 59.8 Å². The lowest BCUT2D eigenvalue weighted by molar-refractivity contribution is -0.122. The van der Waals surface area contributed by atoms with E-state index in [0.29, 0.717) is 28.4 Å². The van der Waals surface area contributed by atoms with Crippen molar-refractivity contribution >= 4 is 27.5 Å². The van der Waals surface area contributed by atoms with Crippen molar-refractivity contribution in [2.45, 2.75) is 31.8 Å². The molecule has 1 atom stereocenters. The molecule has 3 rings (SSSR count). The first-order chi connectivity index (χ1) is 14.7. The summed E-state index contributed by atoms with van der Waals surface area (Å²) >= 11 is 0. The average molecular weight is 445 g/mol. The van der Waals surface area contributed by atoms with E-state index in [1.807, 2.05) is 0 Å². The fraction of sp³-hybridized carbons (Fsp3) is 0.238. The molecule has 1 amide bonds. The molecule has 1 heterocycles. The number of aryl methyl sites for hydroxylation is 1. The maximum absolute atomic E-state index is 12.5. The molecule has 0 saturated carbocycles. The molecule has 0 bridgehead atoms. The highest BCUT2D eigenvalue weighted by atomic mass is 32.2. The standard InChI is InChI=1S/C21H23N3O6S/c1-13-14(2)23-30-21(13)24-31(26,27)19-11-5-16(6-12-19)22-20(25)15(3)29-18-9-7-17(28-4)8-10-18/h5-12,15,24H,1-4H3,(H,22,25)/t15-/m1/s1. The van der Waals surface area contributed by atoms with Crippen molar-refractivity contribution in [1.82, 2.24) is 5.16 Å². The van der Waals surface area contributed by atoms with E-state index in [2.05, 4.69) is 15.2 Å². The molecule has 0 radical (unpaired) electrons. The van der Waals surface area contributed by atoms with Crippen LogP contribution in [0.2, 0.25) is 0 Å². The lowest BCUT2D eigenvalue weighted by atomic mass is 10.3. The molecule has 2 aromatic carbocycles. The molecule has 9 nitrogen and oxygen atoms in total. The van der Waals surface area contributed by atoms with E-state index in [1.54, 1.807) is 52.1 Å². The van der Waals surface area contributed by atoms with Crippen LogP contribution in [0.5, 0.6) is 11.5 Å². The van der Waals surface area contributed by atoms with Gasteiger partial charge in [-0.2, -0.15) is 0 Å². The number of methoxy groups -OCH3 is 1. The third-order valence-corrected chi connectivity index (χ3v) is 5.90. The molecule has 0 spiro atoms. The molecule has 10 heteroatoms. The molecule has 0 aliphatic carbocycles. The van der Waals surface area contributed by atoms with Gasteiger partial charge in [0.2, 0.25) is 5.88 Å². The van der Waals surface area contributed by atoms with Gasteiger partial charge in [-0.15, -0.1) is 0 Å². The Morgan fingerprint density at radius 1 is 1.03 bits per heavy atom. The number of hydrogen-bond acceptors (Lipinski definition) is 7. The predicted molar refractivity (Wildman–Crippen MR) is 115 cm³/mol. The largest absolute Gasteiger partial charge is 0.497 e. The number of rotatable bonds is 8. The highest BCUT2D eigenvalue weighted by Gasteiger charge is 2.20. The summed E-state index contributed by atoms with van der Waals surface area (Å²) in [5.41, 5.74) is 1.64. The molecule has 0 unspecified atom stereocenters. The molecule has 0 saturated heterocycles. The van der Waals surface area contributed by atoms with E-state index < -0.39 is 16.1 Å². The van der Waals surface area contributed by atoms with Gasteiger partial charge in [0.15, 0.2) is 6.10 Å². The summed E-state index contributed by atoms with van der Waals surface area (Å²) in [7, 11) is -2.30. The van der Waals surface area contributed by atoms with Crippen molar-refractivity contribution < 1.29 is 27.2 Å². The SMILES string of the molecule is COc1ccc(O[C@H](C)C(=O)Nc2ccc(S(=O)(=O)Nc3onc(C)c3C)cc2)cc1. The minimum absolute atomic E-state index is 0.0153. The molecule has 0 aliphatic heterocycles. The summed E-state index contributed by atoms with van der Waals surface area (Å²) in [4.78, 5) is 12.4. The quantitative estimate of drug-likeness (QED) is 0.544. The molecule has 3 aromatic rings. The van der Waals surface area contributed by atoms with Crippen molar-refractivity contribution in [1.29, 1.82) is 0 Å². The van der Waals surface area contributed by atoms with Crippen LogP contribution in [0, 0.1) is 13.8 Å². The summed E-state index contributed by atoms with van der Waals surface area (Å²) in [5, 5.41) is 6.42. The molecular formula is C21H23N3O6S. The van der Waals surface area contributed by atoms with Crippen LogP contribution in [0.4, 0.5) is 11.6 Å². The molecule has 164 valence electrons. The maximum Gasteiger partial charge on any atom is 0.265 e. The number of carbonyl (C=O) groups is 1. The summed E-state index contributed by atoms with van der Waals surface area (Å²) in [6, 6.07) is 12.6. The van der Waals surface area contributed by atoms with Crippen LogP contribution >= 0.6 is 0 Å². The molecule has 0 fully saturated rings. The Labute approximate surface area is 180 Å². The van der Waals surface area contributed by atoms with Crippen LogP contribution in [0.3, 0.4) is 0 Å². The van der Waals surface area contributed by atoms with E-state index in [-0.39, 0.29) is 16.7 Å². The van der Waals surface area contributed by atoms with Crippen LogP contribution in [0.15, 0.2) is 57.9 Å². The number of aromatic nitrogens is 1. The van der Waals surface area contributed by atoms with Crippen LogP contribution in [-0.2, 0) is 14.8 Å². The monoisotopic (exact) mass is 445 g/mol. The number of hydrogen-bond donors (Lipinski definition) is 2. The Bertz CT molecular complexity index is 1150. The van der Waals surface area contributed by atoms with Crippen molar-refractivity contribution in [2.24, 2.45) is 0 Å². The number of carbonyl (C=O) groups excluding carboxylic acids is 1. The van der Waals surface area contributed by atoms with E-state index in [1.165, 1.54) is 24.3 Å². The number of ether oxygens (including phenoxy) is 2. The van der Waals surface area contributed by atoms with E-state index in [4.69, 9.17) is 14.0 Å². The number of sulfonamides is 1. The summed E-state index contributed by atoms with van der Waals surface area (Å²) in [6.07, 6.45) is -0.767. The zero-order valence-corrected chi connectivity index (χ0v) is 18.3. The third kappa shape index (κ3) is 5.34. The lowest BCUT2D eigenvalue weighted by Gasteiger charge is -2.15. The smallest absolute Gasteiger partial charge is 0.265 e. The van der Waals surface area contributed by atoms with E-state index >= 15 is 0 Å². The first kappa shape index (κ1) is 22.2. The number of nitrogens with zero attached hydrogens (tertiary/aromatic N) is 1. The summed E-state index contributed by atoms with van der Waals surface area (Å²) in [5.74, 6) is 0.896. The van der Waals surface area contributed by atoms with Gasteiger partial charge in [-0.3, -0.25) is 4.79 Å². The molecule has 0 aliphatic rings. The van der Waals surface area contributed by atoms with Gasteiger partial charge in [-0.25, -0.2) is 13.1 Å². The van der Waals surface area contributed by atoms with Crippen molar-refractivity contribution in [2.75, 3.05) is 17.1 Å². The van der Waals surface area contributed by atoms with Gasteiger partial charge < -0.3 is 19.3 Å². The summed E-state index contributed by atoms with van der Waals surface area (Å²) in [6.45, 7) is 5.04. The highest BCUT2D eigenvalue weighted by Crippen LogP contribution is 2.23. The minimum Gasteiger partial charge on any atom is -0.497 e. The average Bonchev–Trinajstić information content (AvgIpc) is 3.06. The van der Waals surface area contributed by atoms with Crippen LogP contribution in [0.1, 0.15) is 18.2 Å². The predicted octanol–water partition coefficient (Wildman–Crippen LogP) is 3.51. The van der Waals surface area contributed by atoms with Gasteiger partial charge in [0.25, 0.3) is 15.9 Å². The Hall–Kier alpha value is -3.53. The minimum atomic E-state index is -3.86. The van der Waals surface area contributed by atoms with Gasteiger partial charge in [0, 0.05) is 11.3 Å². The van der Waals surface area contributed by atoms with Gasteiger partial charge in [0.05, 0.1) is 17.7 Å². The van der Waals surface area contributed by atoms with Crippen LogP contribution < -0.4 is 19.5 Å². The Balaban J connectivity index is 1.62. The summed E-state index contributed by atoms with van der Waals surface area (Å²) < 4.78 is 43.1. The highest BCUT2D eigenvalue weighted by molar-refractivity contribution is 7.92. The van der Waals surface area contributed by atoms with Gasteiger partial charge in [-0.1, -0.05) is 5.16 Å². The second-order valence-corrected chi connectivity index (χ2v) is 8.46. The molecule has 31 heavy (non-hydrogen) atoms. The Morgan fingerprint density at radius 2 is 1.65 bits per heavy atom. The zero-order chi connectivity index (χ0) is 22.6. The van der Waals surface area contributed by atoms with Crippen molar-refractivity contribution in [3.63, 3.8) is 0 Å². The molecular weight excluding hydrogens is 422 g/mol. The number of nitrogens with one attached hydrogen (secondary N) is 2. The normalized spacial score (nSPS) is 12.1. The van der Waals surface area contributed by atoms with Crippen LogP contribution in [-0.4, -0.2) is 32.7 Å². The first-order valence-corrected chi connectivity index (χ1v) is 10.9. The second kappa shape index (κ2) is 9.09. The molecule has 2 N–H and O–H groups in total. The molecule has 1 aromatic heterocycles. The number of amides is 1. The Morgan fingerprint density at radius 3 is 2.19 bits per heavy atom. The van der Waals surface area contributed by atoms with Crippen molar-refractivity contribution in [3.8, 4) is 11.5 Å². The number of anilines is 2. The fourth-order valence-electron chi connectivity index (χ4n) is 2.56. The van der Waals surface area contributed by atoms with Gasteiger partial charge in [0.1, 0.15) is 11.5 Å². The van der Waals surface area contributed by atoms with E-state index in [0.717, 1.165) is 0 Å².